The number of hydrogen-bond donors (Lipinski definition) is 2. The average molecular weight is 371 g/mol. The third kappa shape index (κ3) is 5.69. The Kier molecular flexibility index (Phi) is 7.59. The SMILES string of the molecule is CC#CCCOc1cccc(CNC(=O)c2ccc(COC)nc2N)c1F. The molecule has 1 heterocycles. The Bertz CT molecular complexity index is 859. The summed E-state index contributed by atoms with van der Waals surface area (Å²) in [6, 6.07) is 8.01. The van der Waals surface area contributed by atoms with Crippen molar-refractivity contribution in [3.8, 4) is 17.6 Å². The highest BCUT2D eigenvalue weighted by molar-refractivity contribution is 5.98. The van der Waals surface area contributed by atoms with Crippen LogP contribution < -0.4 is 15.8 Å². The summed E-state index contributed by atoms with van der Waals surface area (Å²) in [5.74, 6) is 4.87. The fourth-order valence-electron chi connectivity index (χ4n) is 2.35. The molecule has 2 rings (SSSR count). The van der Waals surface area contributed by atoms with Gasteiger partial charge in [0.1, 0.15) is 5.82 Å². The number of hydrogen-bond acceptors (Lipinski definition) is 5. The van der Waals surface area contributed by atoms with E-state index in [1.165, 1.54) is 6.07 Å². The fraction of sp³-hybridized carbons (Fsp3) is 0.300. The Morgan fingerprint density at radius 1 is 1.33 bits per heavy atom. The number of aromatic nitrogens is 1. The molecule has 1 amide bonds. The van der Waals surface area contributed by atoms with Gasteiger partial charge >= 0.3 is 0 Å². The number of anilines is 1. The lowest BCUT2D eigenvalue weighted by Crippen LogP contribution is -2.25. The van der Waals surface area contributed by atoms with Crippen LogP contribution in [-0.4, -0.2) is 24.6 Å². The van der Waals surface area contributed by atoms with Crippen molar-refractivity contribution in [2.75, 3.05) is 19.5 Å². The van der Waals surface area contributed by atoms with E-state index in [4.69, 9.17) is 15.2 Å². The summed E-state index contributed by atoms with van der Waals surface area (Å²) in [5, 5.41) is 2.64. The van der Waals surface area contributed by atoms with Crippen molar-refractivity contribution in [3.05, 3.63) is 53.0 Å². The number of nitrogens with one attached hydrogen (secondary N) is 1. The first kappa shape index (κ1) is 20.2. The molecule has 6 nitrogen and oxygen atoms in total. The summed E-state index contributed by atoms with van der Waals surface area (Å²) >= 11 is 0. The number of carbonyl (C=O) groups is 1. The van der Waals surface area contributed by atoms with E-state index in [-0.39, 0.29) is 23.7 Å². The highest BCUT2D eigenvalue weighted by Gasteiger charge is 2.14. The van der Waals surface area contributed by atoms with E-state index in [0.29, 0.717) is 30.9 Å². The molecule has 0 radical (unpaired) electrons. The minimum Gasteiger partial charge on any atom is -0.490 e. The Labute approximate surface area is 157 Å². The van der Waals surface area contributed by atoms with Crippen molar-refractivity contribution in [1.82, 2.24) is 10.3 Å². The Balaban J connectivity index is 2.01. The molecule has 0 bridgehead atoms. The van der Waals surface area contributed by atoms with Crippen LogP contribution in [0.25, 0.3) is 0 Å². The van der Waals surface area contributed by atoms with Crippen molar-refractivity contribution in [2.24, 2.45) is 0 Å². The molecular formula is C20H22FN3O3. The number of ether oxygens (including phenoxy) is 2. The lowest BCUT2D eigenvalue weighted by Gasteiger charge is -2.11. The summed E-state index contributed by atoms with van der Waals surface area (Å²) in [5.41, 5.74) is 6.98. The van der Waals surface area contributed by atoms with E-state index >= 15 is 0 Å². The zero-order valence-electron chi connectivity index (χ0n) is 15.3. The number of nitrogens with two attached hydrogens (primary N) is 1. The van der Waals surface area contributed by atoms with Crippen LogP contribution in [0.5, 0.6) is 5.75 Å². The number of nitrogens with zero attached hydrogens (tertiary/aromatic N) is 1. The van der Waals surface area contributed by atoms with Gasteiger partial charge in [-0.25, -0.2) is 9.37 Å². The standard InChI is InChI=1S/C20H22FN3O3/c1-3-4-5-11-27-17-8-6-7-14(18(17)21)12-23-20(25)16-10-9-15(13-26-2)24-19(16)22/h6-10H,5,11-13H2,1-2H3,(H2,22,24)(H,23,25). The molecule has 0 aliphatic rings. The van der Waals surface area contributed by atoms with Gasteiger partial charge < -0.3 is 20.5 Å². The van der Waals surface area contributed by atoms with Gasteiger partial charge in [-0.05, 0) is 25.1 Å². The van der Waals surface area contributed by atoms with Gasteiger partial charge in [-0.2, -0.15) is 0 Å². The number of nitrogen functional groups attached to an aromatic ring is 1. The van der Waals surface area contributed by atoms with Crippen LogP contribution >= 0.6 is 0 Å². The fourth-order valence-corrected chi connectivity index (χ4v) is 2.35. The number of carbonyl (C=O) groups excluding carboxylic acids is 1. The van der Waals surface area contributed by atoms with Gasteiger partial charge in [0.25, 0.3) is 5.91 Å². The van der Waals surface area contributed by atoms with E-state index in [0.717, 1.165) is 0 Å². The predicted molar refractivity (Wildman–Crippen MR) is 100 cm³/mol. The van der Waals surface area contributed by atoms with E-state index in [1.54, 1.807) is 38.3 Å². The third-order valence-corrected chi connectivity index (χ3v) is 3.66. The van der Waals surface area contributed by atoms with E-state index in [1.807, 2.05) is 0 Å². The zero-order valence-corrected chi connectivity index (χ0v) is 15.3. The molecule has 0 saturated heterocycles. The van der Waals surface area contributed by atoms with Gasteiger partial charge in [0.05, 0.1) is 24.5 Å². The molecule has 1 aromatic carbocycles. The maximum Gasteiger partial charge on any atom is 0.255 e. The van der Waals surface area contributed by atoms with Crippen LogP contribution in [0.2, 0.25) is 0 Å². The van der Waals surface area contributed by atoms with Crippen LogP contribution in [0.15, 0.2) is 30.3 Å². The maximum absolute atomic E-state index is 14.5. The molecule has 142 valence electrons. The predicted octanol–water partition coefficient (Wildman–Crippen LogP) is 2.67. The van der Waals surface area contributed by atoms with Crippen molar-refractivity contribution in [1.29, 1.82) is 0 Å². The van der Waals surface area contributed by atoms with Gasteiger partial charge in [-0.1, -0.05) is 12.1 Å². The molecule has 0 aliphatic heterocycles. The second-order valence-corrected chi connectivity index (χ2v) is 5.61. The minimum atomic E-state index is -0.510. The Morgan fingerprint density at radius 3 is 2.85 bits per heavy atom. The summed E-state index contributed by atoms with van der Waals surface area (Å²) in [6.45, 7) is 2.32. The smallest absolute Gasteiger partial charge is 0.255 e. The number of rotatable bonds is 8. The zero-order chi connectivity index (χ0) is 19.6. The summed E-state index contributed by atoms with van der Waals surface area (Å²) in [4.78, 5) is 16.4. The largest absolute Gasteiger partial charge is 0.490 e. The monoisotopic (exact) mass is 371 g/mol. The summed E-state index contributed by atoms with van der Waals surface area (Å²) in [7, 11) is 1.54. The molecule has 0 fully saturated rings. The molecule has 0 unspecified atom stereocenters. The van der Waals surface area contributed by atoms with Crippen molar-refractivity contribution in [3.63, 3.8) is 0 Å². The van der Waals surface area contributed by atoms with Gasteiger partial charge in [-0.3, -0.25) is 4.79 Å². The lowest BCUT2D eigenvalue weighted by atomic mass is 10.1. The van der Waals surface area contributed by atoms with E-state index in [2.05, 4.69) is 22.1 Å². The highest BCUT2D eigenvalue weighted by atomic mass is 19.1. The number of pyridine rings is 1. The topological polar surface area (TPSA) is 86.5 Å². The molecule has 7 heteroatoms. The van der Waals surface area contributed by atoms with Crippen molar-refractivity contribution < 1.29 is 18.7 Å². The number of amides is 1. The van der Waals surface area contributed by atoms with Crippen molar-refractivity contribution >= 4 is 11.7 Å². The van der Waals surface area contributed by atoms with Crippen LogP contribution in [-0.2, 0) is 17.9 Å². The molecular weight excluding hydrogens is 349 g/mol. The number of halogens is 1. The van der Waals surface area contributed by atoms with E-state index < -0.39 is 11.7 Å². The average Bonchev–Trinajstić information content (AvgIpc) is 2.65. The summed E-state index contributed by atoms with van der Waals surface area (Å²) < 4.78 is 24.9. The minimum absolute atomic E-state index is 0.00407. The molecule has 0 saturated carbocycles. The molecule has 2 aromatic rings. The molecule has 0 aliphatic carbocycles. The second kappa shape index (κ2) is 10.1. The van der Waals surface area contributed by atoms with E-state index in [9.17, 15) is 9.18 Å². The van der Waals surface area contributed by atoms with Gasteiger partial charge in [0, 0.05) is 25.6 Å². The first-order valence-electron chi connectivity index (χ1n) is 8.39. The third-order valence-electron chi connectivity index (χ3n) is 3.66. The number of benzene rings is 1. The van der Waals surface area contributed by atoms with Crippen LogP contribution in [0.1, 0.15) is 35.0 Å². The van der Waals surface area contributed by atoms with Crippen LogP contribution in [0.3, 0.4) is 0 Å². The quantitative estimate of drug-likeness (QED) is 0.550. The first-order chi connectivity index (χ1) is 13.1. The van der Waals surface area contributed by atoms with Crippen LogP contribution in [0, 0.1) is 17.7 Å². The molecule has 0 atom stereocenters. The molecule has 1 aromatic heterocycles. The molecule has 3 N–H and O–H groups in total. The van der Waals surface area contributed by atoms with Gasteiger partial charge in [0.15, 0.2) is 11.6 Å². The lowest BCUT2D eigenvalue weighted by molar-refractivity contribution is 0.0951. The van der Waals surface area contributed by atoms with Gasteiger partial charge in [0.2, 0.25) is 0 Å². The van der Waals surface area contributed by atoms with Crippen LogP contribution in [0.4, 0.5) is 10.2 Å². The maximum atomic E-state index is 14.5. The number of methoxy groups -OCH3 is 1. The van der Waals surface area contributed by atoms with Gasteiger partial charge in [-0.15, -0.1) is 11.8 Å². The molecule has 27 heavy (non-hydrogen) atoms. The second-order valence-electron chi connectivity index (χ2n) is 5.61. The van der Waals surface area contributed by atoms with Crippen molar-refractivity contribution in [2.45, 2.75) is 26.5 Å². The summed E-state index contributed by atoms with van der Waals surface area (Å²) in [6.07, 6.45) is 0.516. The first-order valence-corrected chi connectivity index (χ1v) is 8.39. The Morgan fingerprint density at radius 2 is 2.15 bits per heavy atom. The molecule has 0 spiro atoms. The normalized spacial score (nSPS) is 10.0. The highest BCUT2D eigenvalue weighted by Crippen LogP contribution is 2.21. The Hall–Kier alpha value is -3.11.